The number of benzene rings is 1. The number of carboxylic acid groups (broad SMARTS) is 1. The van der Waals surface area contributed by atoms with Crippen molar-refractivity contribution >= 4 is 11.7 Å². The predicted molar refractivity (Wildman–Crippen MR) is 94.7 cm³/mol. The lowest BCUT2D eigenvalue weighted by Crippen LogP contribution is -2.45. The first kappa shape index (κ1) is 18.2. The lowest BCUT2D eigenvalue weighted by Gasteiger charge is -2.42. The third-order valence-corrected chi connectivity index (χ3v) is 5.52. The second-order valence-electron chi connectivity index (χ2n) is 8.15. The Kier molecular flexibility index (Phi) is 5.07. The highest BCUT2D eigenvalue weighted by Crippen LogP contribution is 2.33. The fourth-order valence-electron chi connectivity index (χ4n) is 3.76. The van der Waals surface area contributed by atoms with Gasteiger partial charge in [-0.1, -0.05) is 19.9 Å². The first-order chi connectivity index (χ1) is 11.8. The number of hydrogen-bond acceptors (Lipinski definition) is 5. The summed E-state index contributed by atoms with van der Waals surface area (Å²) in [5.41, 5.74) is 3.32. The van der Waals surface area contributed by atoms with Crippen LogP contribution in [0, 0.1) is 25.2 Å². The van der Waals surface area contributed by atoms with Crippen molar-refractivity contribution in [1.29, 1.82) is 0 Å². The molecule has 1 aromatic rings. The van der Waals surface area contributed by atoms with E-state index >= 15 is 0 Å². The molecule has 0 saturated carbocycles. The molecule has 2 fully saturated rings. The average Bonchev–Trinajstić information content (AvgIpc) is 2.57. The van der Waals surface area contributed by atoms with Gasteiger partial charge in [-0.15, -0.1) is 0 Å². The third kappa shape index (κ3) is 3.82. The van der Waals surface area contributed by atoms with E-state index in [1.807, 2.05) is 19.9 Å². The standard InChI is InChI=1S/C20H29NO4/c1-13-14(2)17(6-5-16(13)18(22)23)21-9-7-15(8-10-21)19-24-11-20(3,4)12-25-19/h5-6,15,19H,7-12H2,1-4H3,(H,22,23)/p-1. The summed E-state index contributed by atoms with van der Waals surface area (Å²) in [6.07, 6.45) is 1.95. The first-order valence-corrected chi connectivity index (χ1v) is 9.08. The SMILES string of the molecule is Cc1c(C(=O)[O-])ccc(N2CCC(C3OCC(C)(C)CO3)CC2)c1C. The zero-order chi connectivity index (χ0) is 18.2. The molecule has 0 atom stereocenters. The first-order valence-electron chi connectivity index (χ1n) is 9.08. The zero-order valence-electron chi connectivity index (χ0n) is 15.6. The van der Waals surface area contributed by atoms with E-state index in [0.717, 1.165) is 56.0 Å². The molecule has 0 aromatic heterocycles. The van der Waals surface area contributed by atoms with Gasteiger partial charge in [0.25, 0.3) is 0 Å². The number of nitrogens with zero attached hydrogens (tertiary/aromatic N) is 1. The molecule has 0 aliphatic carbocycles. The van der Waals surface area contributed by atoms with Gasteiger partial charge in [0, 0.05) is 35.7 Å². The monoisotopic (exact) mass is 346 g/mol. The van der Waals surface area contributed by atoms with Gasteiger partial charge in [0.05, 0.1) is 19.2 Å². The van der Waals surface area contributed by atoms with Crippen LogP contribution in [0.5, 0.6) is 0 Å². The molecule has 1 aromatic carbocycles. The summed E-state index contributed by atoms with van der Waals surface area (Å²) in [5.74, 6) is -0.684. The summed E-state index contributed by atoms with van der Waals surface area (Å²) in [5, 5.41) is 11.2. The van der Waals surface area contributed by atoms with E-state index in [1.54, 1.807) is 6.07 Å². The Labute approximate surface area is 149 Å². The van der Waals surface area contributed by atoms with Crippen LogP contribution < -0.4 is 10.0 Å². The van der Waals surface area contributed by atoms with Crippen molar-refractivity contribution in [1.82, 2.24) is 0 Å². The Morgan fingerprint density at radius 1 is 1.12 bits per heavy atom. The van der Waals surface area contributed by atoms with E-state index in [0.29, 0.717) is 5.92 Å². The quantitative estimate of drug-likeness (QED) is 0.840. The van der Waals surface area contributed by atoms with E-state index < -0.39 is 5.97 Å². The van der Waals surface area contributed by atoms with Crippen LogP contribution in [0.4, 0.5) is 5.69 Å². The molecule has 0 radical (unpaired) electrons. The van der Waals surface area contributed by atoms with Crippen LogP contribution in [0.2, 0.25) is 0 Å². The van der Waals surface area contributed by atoms with Crippen LogP contribution >= 0.6 is 0 Å². The summed E-state index contributed by atoms with van der Waals surface area (Å²) >= 11 is 0. The van der Waals surface area contributed by atoms with E-state index in [4.69, 9.17) is 9.47 Å². The van der Waals surface area contributed by atoms with Gasteiger partial charge >= 0.3 is 0 Å². The van der Waals surface area contributed by atoms with Crippen LogP contribution in [0.15, 0.2) is 12.1 Å². The molecule has 2 heterocycles. The zero-order valence-corrected chi connectivity index (χ0v) is 15.6. The number of carbonyl (C=O) groups is 1. The minimum absolute atomic E-state index is 0.0848. The van der Waals surface area contributed by atoms with Crippen molar-refractivity contribution in [3.8, 4) is 0 Å². The van der Waals surface area contributed by atoms with E-state index in [1.165, 1.54) is 0 Å². The van der Waals surface area contributed by atoms with Crippen molar-refractivity contribution in [2.24, 2.45) is 11.3 Å². The number of rotatable bonds is 3. The summed E-state index contributed by atoms with van der Waals surface area (Å²) in [6.45, 7) is 11.5. The molecule has 2 aliphatic heterocycles. The average molecular weight is 346 g/mol. The minimum Gasteiger partial charge on any atom is -0.545 e. The number of ether oxygens (including phenoxy) is 2. The van der Waals surface area contributed by atoms with Gasteiger partial charge in [-0.25, -0.2) is 0 Å². The molecule has 25 heavy (non-hydrogen) atoms. The smallest absolute Gasteiger partial charge is 0.160 e. The Morgan fingerprint density at radius 2 is 1.72 bits per heavy atom. The molecule has 0 bridgehead atoms. The van der Waals surface area contributed by atoms with Crippen LogP contribution in [0.25, 0.3) is 0 Å². The normalized spacial score (nSPS) is 22.2. The van der Waals surface area contributed by atoms with Gasteiger partial charge in [-0.05, 0) is 43.9 Å². The van der Waals surface area contributed by atoms with Crippen LogP contribution in [-0.4, -0.2) is 38.6 Å². The topological polar surface area (TPSA) is 61.8 Å². The molecule has 0 amide bonds. The Hall–Kier alpha value is -1.59. The second kappa shape index (κ2) is 6.96. The largest absolute Gasteiger partial charge is 0.545 e. The maximum atomic E-state index is 11.2. The number of piperidine rings is 1. The highest BCUT2D eigenvalue weighted by molar-refractivity contribution is 5.89. The van der Waals surface area contributed by atoms with Crippen LogP contribution in [0.3, 0.4) is 0 Å². The van der Waals surface area contributed by atoms with E-state index in [9.17, 15) is 9.90 Å². The summed E-state index contributed by atoms with van der Waals surface area (Å²) in [4.78, 5) is 13.5. The summed E-state index contributed by atoms with van der Waals surface area (Å²) in [6, 6.07) is 3.57. The molecular weight excluding hydrogens is 318 g/mol. The van der Waals surface area contributed by atoms with Gasteiger partial charge in [-0.3, -0.25) is 0 Å². The maximum Gasteiger partial charge on any atom is 0.160 e. The van der Waals surface area contributed by atoms with Gasteiger partial charge < -0.3 is 24.3 Å². The van der Waals surface area contributed by atoms with Gasteiger partial charge in [0.15, 0.2) is 6.29 Å². The van der Waals surface area contributed by atoms with Crippen molar-refractivity contribution < 1.29 is 19.4 Å². The molecule has 0 spiro atoms. The van der Waals surface area contributed by atoms with E-state index in [-0.39, 0.29) is 17.3 Å². The Morgan fingerprint density at radius 3 is 2.28 bits per heavy atom. The fraction of sp³-hybridized carbons (Fsp3) is 0.650. The van der Waals surface area contributed by atoms with Gasteiger partial charge in [0.1, 0.15) is 0 Å². The second-order valence-corrected chi connectivity index (χ2v) is 8.15. The predicted octanol–water partition coefficient (Wildman–Crippen LogP) is 2.28. The van der Waals surface area contributed by atoms with Gasteiger partial charge in [0.2, 0.25) is 0 Å². The van der Waals surface area contributed by atoms with Crippen molar-refractivity contribution in [3.63, 3.8) is 0 Å². The molecule has 2 saturated heterocycles. The van der Waals surface area contributed by atoms with Crippen molar-refractivity contribution in [2.75, 3.05) is 31.2 Å². The lowest BCUT2D eigenvalue weighted by atomic mass is 9.91. The third-order valence-electron chi connectivity index (χ3n) is 5.52. The molecule has 0 N–H and O–H groups in total. The Balaban J connectivity index is 1.63. The molecule has 3 rings (SSSR count). The number of anilines is 1. The molecular formula is C20H28NO4-. The molecule has 0 unspecified atom stereocenters. The van der Waals surface area contributed by atoms with E-state index in [2.05, 4.69) is 18.7 Å². The number of aromatic carboxylic acids is 1. The summed E-state index contributed by atoms with van der Waals surface area (Å²) in [7, 11) is 0. The minimum atomic E-state index is -1.11. The van der Waals surface area contributed by atoms with Crippen LogP contribution in [-0.2, 0) is 9.47 Å². The van der Waals surface area contributed by atoms with Crippen molar-refractivity contribution in [2.45, 2.75) is 46.8 Å². The Bertz CT molecular complexity index is 637. The van der Waals surface area contributed by atoms with Crippen molar-refractivity contribution in [3.05, 3.63) is 28.8 Å². The van der Waals surface area contributed by atoms with Crippen LogP contribution in [0.1, 0.15) is 48.2 Å². The molecule has 138 valence electrons. The maximum absolute atomic E-state index is 11.2. The molecule has 2 aliphatic rings. The summed E-state index contributed by atoms with van der Waals surface area (Å²) < 4.78 is 11.9. The molecule has 5 heteroatoms. The lowest BCUT2D eigenvalue weighted by molar-refractivity contribution is -0.255. The van der Waals surface area contributed by atoms with Gasteiger partial charge in [-0.2, -0.15) is 0 Å². The fourth-order valence-corrected chi connectivity index (χ4v) is 3.76. The number of carboxylic acids is 1. The molecule has 5 nitrogen and oxygen atoms in total. The highest BCUT2D eigenvalue weighted by Gasteiger charge is 2.35. The number of carbonyl (C=O) groups excluding carboxylic acids is 1. The highest BCUT2D eigenvalue weighted by atomic mass is 16.7. The number of hydrogen-bond donors (Lipinski definition) is 0.